The molecule has 0 heterocycles. The highest BCUT2D eigenvalue weighted by Crippen LogP contribution is 2.21. The van der Waals surface area contributed by atoms with Gasteiger partial charge in [0.25, 0.3) is 0 Å². The lowest BCUT2D eigenvalue weighted by Crippen LogP contribution is -1.87. The Balaban J connectivity index is 3.31. The molecule has 0 radical (unpaired) electrons. The van der Waals surface area contributed by atoms with Crippen LogP contribution in [-0.4, -0.2) is 0 Å². The first-order valence-electron chi connectivity index (χ1n) is 2.76. The van der Waals surface area contributed by atoms with Crippen molar-refractivity contribution in [2.45, 2.75) is 0 Å². The number of halogens is 1. The number of anilines is 1. The van der Waals surface area contributed by atoms with E-state index in [1.165, 1.54) is 0 Å². The van der Waals surface area contributed by atoms with E-state index >= 15 is 0 Å². The Hall–Kier alpha value is -1.13. The summed E-state index contributed by atoms with van der Waals surface area (Å²) < 4.78 is 0. The molecule has 0 aliphatic carbocycles. The molecule has 0 amide bonds. The van der Waals surface area contributed by atoms with Gasteiger partial charge in [0.2, 0.25) is 0 Å². The number of benzene rings is 1. The molecule has 0 aliphatic heterocycles. The highest BCUT2D eigenvalue weighted by molar-refractivity contribution is 6.34. The van der Waals surface area contributed by atoms with Gasteiger partial charge in [-0.05, 0) is 12.1 Å². The maximum Gasteiger partial charge on any atom is 0.0791 e. The maximum absolute atomic E-state index is 5.73. The summed E-state index contributed by atoms with van der Waals surface area (Å²) in [5.74, 6) is 2.42. The minimum atomic E-state index is 0.463. The van der Waals surface area contributed by atoms with Crippen LogP contribution in [-0.2, 0) is 0 Å². The van der Waals surface area contributed by atoms with E-state index in [1.807, 2.05) is 0 Å². The lowest BCUT2D eigenvalue weighted by molar-refractivity contribution is 1.63. The van der Waals surface area contributed by atoms with Crippen LogP contribution in [0.2, 0.25) is 5.02 Å². The summed E-state index contributed by atoms with van der Waals surface area (Å²) in [7, 11) is 0. The SMILES string of the molecule is C#Cc1cccc(N)c1Cl. The predicted molar refractivity (Wildman–Crippen MR) is 43.8 cm³/mol. The summed E-state index contributed by atoms with van der Waals surface area (Å²) in [6.45, 7) is 0. The molecule has 0 bridgehead atoms. The molecule has 1 rings (SSSR count). The molecule has 0 aliphatic rings. The third-order valence-corrected chi connectivity index (χ3v) is 1.61. The van der Waals surface area contributed by atoms with E-state index in [4.69, 9.17) is 23.8 Å². The standard InChI is InChI=1S/C8H6ClN/c1-2-6-4-3-5-7(10)8(6)9/h1,3-5H,10H2. The van der Waals surface area contributed by atoms with E-state index in [2.05, 4.69) is 5.92 Å². The molecule has 0 spiro atoms. The lowest BCUT2D eigenvalue weighted by atomic mass is 10.2. The minimum Gasteiger partial charge on any atom is -0.397 e. The summed E-state index contributed by atoms with van der Waals surface area (Å²) in [6.07, 6.45) is 5.13. The van der Waals surface area contributed by atoms with Gasteiger partial charge in [-0.15, -0.1) is 6.42 Å². The number of hydrogen-bond acceptors (Lipinski definition) is 1. The van der Waals surface area contributed by atoms with Crippen molar-refractivity contribution in [3.63, 3.8) is 0 Å². The molecule has 50 valence electrons. The number of nitrogen functional groups attached to an aromatic ring is 1. The van der Waals surface area contributed by atoms with E-state index in [1.54, 1.807) is 18.2 Å². The van der Waals surface area contributed by atoms with Gasteiger partial charge in [0.05, 0.1) is 10.7 Å². The maximum atomic E-state index is 5.73. The van der Waals surface area contributed by atoms with Gasteiger partial charge in [0, 0.05) is 5.56 Å². The van der Waals surface area contributed by atoms with E-state index < -0.39 is 0 Å². The van der Waals surface area contributed by atoms with Crippen molar-refractivity contribution in [2.24, 2.45) is 0 Å². The van der Waals surface area contributed by atoms with Gasteiger partial charge in [-0.3, -0.25) is 0 Å². The van der Waals surface area contributed by atoms with Crippen LogP contribution in [0.25, 0.3) is 0 Å². The molecule has 1 aromatic rings. The van der Waals surface area contributed by atoms with Gasteiger partial charge in [0.15, 0.2) is 0 Å². The first kappa shape index (κ1) is 6.98. The monoisotopic (exact) mass is 151 g/mol. The summed E-state index contributed by atoms with van der Waals surface area (Å²) >= 11 is 5.73. The third kappa shape index (κ3) is 1.07. The van der Waals surface area contributed by atoms with Crippen molar-refractivity contribution in [3.05, 3.63) is 28.8 Å². The quantitative estimate of drug-likeness (QED) is 0.445. The molecular formula is C8H6ClN. The number of hydrogen-bond donors (Lipinski definition) is 1. The zero-order valence-corrected chi connectivity index (χ0v) is 6.02. The molecule has 0 saturated carbocycles. The predicted octanol–water partition coefficient (Wildman–Crippen LogP) is 1.90. The lowest BCUT2D eigenvalue weighted by Gasteiger charge is -1.97. The average molecular weight is 152 g/mol. The van der Waals surface area contributed by atoms with Crippen molar-refractivity contribution < 1.29 is 0 Å². The fourth-order valence-electron chi connectivity index (χ4n) is 0.661. The van der Waals surface area contributed by atoms with Crippen LogP contribution in [0.1, 0.15) is 5.56 Å². The van der Waals surface area contributed by atoms with Crippen LogP contribution in [0.4, 0.5) is 5.69 Å². The topological polar surface area (TPSA) is 26.0 Å². The Bertz CT molecular complexity index is 286. The fourth-order valence-corrected chi connectivity index (χ4v) is 0.842. The van der Waals surface area contributed by atoms with Crippen LogP contribution in [0.15, 0.2) is 18.2 Å². The molecule has 0 fully saturated rings. The summed E-state index contributed by atoms with van der Waals surface area (Å²) in [5, 5.41) is 0.463. The molecule has 2 heteroatoms. The first-order valence-corrected chi connectivity index (χ1v) is 3.14. The summed E-state index contributed by atoms with van der Waals surface area (Å²) in [6, 6.07) is 5.23. The summed E-state index contributed by atoms with van der Waals surface area (Å²) in [4.78, 5) is 0. The van der Waals surface area contributed by atoms with Crippen molar-refractivity contribution in [1.82, 2.24) is 0 Å². The molecule has 0 saturated heterocycles. The molecule has 0 aromatic heterocycles. The van der Waals surface area contributed by atoms with Crippen LogP contribution >= 0.6 is 11.6 Å². The second-order valence-electron chi connectivity index (χ2n) is 1.85. The average Bonchev–Trinajstić information content (AvgIpc) is 1.95. The van der Waals surface area contributed by atoms with Crippen LogP contribution < -0.4 is 5.73 Å². The number of nitrogens with two attached hydrogens (primary N) is 1. The molecular weight excluding hydrogens is 146 g/mol. The zero-order valence-electron chi connectivity index (χ0n) is 5.26. The molecule has 2 N–H and O–H groups in total. The molecule has 0 unspecified atom stereocenters. The highest BCUT2D eigenvalue weighted by atomic mass is 35.5. The Morgan fingerprint density at radius 1 is 1.50 bits per heavy atom. The summed E-state index contributed by atoms with van der Waals surface area (Å²) in [5.41, 5.74) is 6.63. The number of terminal acetylenes is 1. The van der Waals surface area contributed by atoms with Crippen molar-refractivity contribution in [1.29, 1.82) is 0 Å². The molecule has 10 heavy (non-hydrogen) atoms. The van der Waals surface area contributed by atoms with E-state index in [0.29, 0.717) is 16.3 Å². The van der Waals surface area contributed by atoms with Crippen molar-refractivity contribution >= 4 is 17.3 Å². The van der Waals surface area contributed by atoms with Gasteiger partial charge in [0.1, 0.15) is 0 Å². The third-order valence-electron chi connectivity index (χ3n) is 1.18. The van der Waals surface area contributed by atoms with Crippen molar-refractivity contribution in [3.8, 4) is 12.3 Å². The second-order valence-corrected chi connectivity index (χ2v) is 2.23. The van der Waals surface area contributed by atoms with Gasteiger partial charge >= 0.3 is 0 Å². The molecule has 0 atom stereocenters. The Morgan fingerprint density at radius 3 is 2.70 bits per heavy atom. The Labute approximate surface area is 64.8 Å². The van der Waals surface area contributed by atoms with Crippen LogP contribution in [0.3, 0.4) is 0 Å². The first-order chi connectivity index (χ1) is 4.75. The smallest absolute Gasteiger partial charge is 0.0791 e. The molecule has 1 nitrogen and oxygen atoms in total. The largest absolute Gasteiger partial charge is 0.397 e. The van der Waals surface area contributed by atoms with Crippen LogP contribution in [0, 0.1) is 12.3 Å². The Morgan fingerprint density at radius 2 is 2.20 bits per heavy atom. The van der Waals surface area contributed by atoms with E-state index in [0.717, 1.165) is 0 Å². The van der Waals surface area contributed by atoms with Gasteiger partial charge < -0.3 is 5.73 Å². The molecule has 1 aromatic carbocycles. The fraction of sp³-hybridized carbons (Fsp3) is 0. The zero-order chi connectivity index (χ0) is 7.56. The Kier molecular flexibility index (Phi) is 1.84. The normalized spacial score (nSPS) is 8.80. The van der Waals surface area contributed by atoms with E-state index in [9.17, 15) is 0 Å². The second kappa shape index (κ2) is 2.64. The van der Waals surface area contributed by atoms with E-state index in [-0.39, 0.29) is 0 Å². The minimum absolute atomic E-state index is 0.463. The van der Waals surface area contributed by atoms with Crippen LogP contribution in [0.5, 0.6) is 0 Å². The van der Waals surface area contributed by atoms with Gasteiger partial charge in [-0.2, -0.15) is 0 Å². The van der Waals surface area contributed by atoms with Gasteiger partial charge in [-0.1, -0.05) is 23.6 Å². The van der Waals surface area contributed by atoms with Gasteiger partial charge in [-0.25, -0.2) is 0 Å². The highest BCUT2D eigenvalue weighted by Gasteiger charge is 1.98. The van der Waals surface area contributed by atoms with Crippen molar-refractivity contribution in [2.75, 3.05) is 5.73 Å². The number of rotatable bonds is 0.